The zero-order valence-electron chi connectivity index (χ0n) is 10.2. The fourth-order valence-corrected chi connectivity index (χ4v) is 1.49. The predicted octanol–water partition coefficient (Wildman–Crippen LogP) is 1.09. The third-order valence-electron chi connectivity index (χ3n) is 2.13. The number of nitrogens with two attached hydrogens (primary N) is 1. The van der Waals surface area contributed by atoms with Crippen LogP contribution in [-0.4, -0.2) is 39.3 Å². The van der Waals surface area contributed by atoms with Gasteiger partial charge in [-0.05, 0) is 32.3 Å². The van der Waals surface area contributed by atoms with Gasteiger partial charge in [-0.3, -0.25) is 0 Å². The second kappa shape index (κ2) is 6.35. The highest BCUT2D eigenvalue weighted by atomic mass is 16.5. The highest BCUT2D eigenvalue weighted by Gasteiger charge is 2.06. The summed E-state index contributed by atoms with van der Waals surface area (Å²) in [6.07, 6.45) is 0. The van der Waals surface area contributed by atoms with Gasteiger partial charge in [0.15, 0.2) is 0 Å². The molecule has 1 rings (SSSR count). The first-order chi connectivity index (χ1) is 7.67. The van der Waals surface area contributed by atoms with E-state index in [0.29, 0.717) is 13.2 Å². The van der Waals surface area contributed by atoms with Crippen molar-refractivity contribution in [1.82, 2.24) is 4.90 Å². The van der Waals surface area contributed by atoms with Crippen LogP contribution in [0.5, 0.6) is 11.5 Å². The van der Waals surface area contributed by atoms with E-state index < -0.39 is 0 Å². The Labute approximate surface area is 96.9 Å². The number of benzene rings is 1. The van der Waals surface area contributed by atoms with Gasteiger partial charge in [-0.25, -0.2) is 0 Å². The van der Waals surface area contributed by atoms with Gasteiger partial charge in [0, 0.05) is 18.7 Å². The Hall–Kier alpha value is -1.26. The molecule has 0 aromatic heterocycles. The minimum absolute atomic E-state index is 0.523. The van der Waals surface area contributed by atoms with Gasteiger partial charge < -0.3 is 20.1 Å². The molecule has 0 spiro atoms. The van der Waals surface area contributed by atoms with Crippen LogP contribution < -0.4 is 15.2 Å². The lowest BCUT2D eigenvalue weighted by molar-refractivity contribution is 0.324. The van der Waals surface area contributed by atoms with Crippen molar-refractivity contribution in [2.24, 2.45) is 5.73 Å². The minimum Gasteiger partial charge on any atom is -0.496 e. The van der Waals surface area contributed by atoms with E-state index in [1.807, 2.05) is 32.3 Å². The van der Waals surface area contributed by atoms with Crippen molar-refractivity contribution in [3.05, 3.63) is 23.8 Å². The molecule has 0 amide bonds. The van der Waals surface area contributed by atoms with Crippen LogP contribution in [0.3, 0.4) is 0 Å². The van der Waals surface area contributed by atoms with Crippen molar-refractivity contribution in [2.45, 2.75) is 6.54 Å². The standard InChI is InChI=1S/C12H20N2O2/c1-14(2)9-10-8-11(16-7-6-13)4-5-12(10)15-3/h4-5,8H,6-7,9,13H2,1-3H3. The largest absolute Gasteiger partial charge is 0.496 e. The summed E-state index contributed by atoms with van der Waals surface area (Å²) in [5.74, 6) is 1.72. The van der Waals surface area contributed by atoms with E-state index in [-0.39, 0.29) is 0 Å². The monoisotopic (exact) mass is 224 g/mol. The average molecular weight is 224 g/mol. The van der Waals surface area contributed by atoms with Gasteiger partial charge in [-0.1, -0.05) is 0 Å². The average Bonchev–Trinajstić information content (AvgIpc) is 2.26. The van der Waals surface area contributed by atoms with E-state index in [1.54, 1.807) is 7.11 Å². The van der Waals surface area contributed by atoms with Gasteiger partial charge in [0.2, 0.25) is 0 Å². The maximum Gasteiger partial charge on any atom is 0.123 e. The van der Waals surface area contributed by atoms with E-state index in [0.717, 1.165) is 23.6 Å². The molecule has 0 radical (unpaired) electrons. The van der Waals surface area contributed by atoms with E-state index in [9.17, 15) is 0 Å². The summed E-state index contributed by atoms with van der Waals surface area (Å²) in [5, 5.41) is 0. The molecule has 1 aromatic carbocycles. The Morgan fingerprint density at radius 3 is 2.62 bits per heavy atom. The van der Waals surface area contributed by atoms with Gasteiger partial charge >= 0.3 is 0 Å². The molecule has 4 heteroatoms. The summed E-state index contributed by atoms with van der Waals surface area (Å²) in [4.78, 5) is 2.09. The molecule has 0 aliphatic carbocycles. The SMILES string of the molecule is COc1ccc(OCCN)cc1CN(C)C. The van der Waals surface area contributed by atoms with Crippen LogP contribution in [0, 0.1) is 0 Å². The maximum absolute atomic E-state index is 5.48. The third kappa shape index (κ3) is 3.72. The minimum atomic E-state index is 0.523. The molecule has 0 heterocycles. The normalized spacial score (nSPS) is 10.6. The summed E-state index contributed by atoms with van der Waals surface area (Å²) in [7, 11) is 5.72. The fourth-order valence-electron chi connectivity index (χ4n) is 1.49. The predicted molar refractivity (Wildman–Crippen MR) is 64.9 cm³/mol. The van der Waals surface area contributed by atoms with Crippen LogP contribution in [0.1, 0.15) is 5.56 Å². The van der Waals surface area contributed by atoms with Gasteiger partial charge in [0.1, 0.15) is 18.1 Å². The summed E-state index contributed by atoms with van der Waals surface area (Å²) in [6, 6.07) is 5.81. The van der Waals surface area contributed by atoms with Crippen LogP contribution in [0.25, 0.3) is 0 Å². The first kappa shape index (κ1) is 12.8. The Morgan fingerprint density at radius 1 is 1.31 bits per heavy atom. The molecule has 90 valence electrons. The van der Waals surface area contributed by atoms with Crippen molar-refractivity contribution in [3.8, 4) is 11.5 Å². The Bertz CT molecular complexity index is 327. The molecule has 2 N–H and O–H groups in total. The first-order valence-corrected chi connectivity index (χ1v) is 5.32. The lowest BCUT2D eigenvalue weighted by atomic mass is 10.2. The van der Waals surface area contributed by atoms with Gasteiger partial charge in [0.05, 0.1) is 7.11 Å². The van der Waals surface area contributed by atoms with Crippen LogP contribution in [0.4, 0.5) is 0 Å². The van der Waals surface area contributed by atoms with Crippen LogP contribution >= 0.6 is 0 Å². The summed E-state index contributed by atoms with van der Waals surface area (Å²) in [5.41, 5.74) is 6.51. The van der Waals surface area contributed by atoms with Gasteiger partial charge in [-0.2, -0.15) is 0 Å². The van der Waals surface area contributed by atoms with E-state index in [1.165, 1.54) is 0 Å². The number of nitrogens with zero attached hydrogens (tertiary/aromatic N) is 1. The van der Waals surface area contributed by atoms with Crippen LogP contribution in [0.2, 0.25) is 0 Å². The highest BCUT2D eigenvalue weighted by Crippen LogP contribution is 2.24. The summed E-state index contributed by atoms with van der Waals surface area (Å²) < 4.78 is 10.8. The molecule has 4 nitrogen and oxygen atoms in total. The Kier molecular flexibility index (Phi) is 5.08. The molecule has 0 unspecified atom stereocenters. The number of rotatable bonds is 6. The van der Waals surface area contributed by atoms with Crippen LogP contribution in [0.15, 0.2) is 18.2 Å². The second-order valence-corrected chi connectivity index (χ2v) is 3.85. The van der Waals surface area contributed by atoms with Crippen molar-refractivity contribution >= 4 is 0 Å². The highest BCUT2D eigenvalue weighted by molar-refractivity contribution is 5.40. The first-order valence-electron chi connectivity index (χ1n) is 5.32. The second-order valence-electron chi connectivity index (χ2n) is 3.85. The lowest BCUT2D eigenvalue weighted by Gasteiger charge is -2.15. The van der Waals surface area contributed by atoms with E-state index in [2.05, 4.69) is 4.90 Å². The molecular formula is C12H20N2O2. The van der Waals surface area contributed by atoms with Crippen molar-refractivity contribution in [1.29, 1.82) is 0 Å². The molecule has 0 atom stereocenters. The molecule has 0 saturated carbocycles. The maximum atomic E-state index is 5.48. The van der Waals surface area contributed by atoms with E-state index >= 15 is 0 Å². The molecule has 0 aliphatic rings. The number of hydrogen-bond donors (Lipinski definition) is 1. The third-order valence-corrected chi connectivity index (χ3v) is 2.13. The Balaban J connectivity index is 2.83. The zero-order valence-corrected chi connectivity index (χ0v) is 10.2. The summed E-state index contributed by atoms with van der Waals surface area (Å²) >= 11 is 0. The quantitative estimate of drug-likeness (QED) is 0.786. The molecule has 0 saturated heterocycles. The number of methoxy groups -OCH3 is 1. The fraction of sp³-hybridized carbons (Fsp3) is 0.500. The van der Waals surface area contributed by atoms with Gasteiger partial charge in [0.25, 0.3) is 0 Å². The molecular weight excluding hydrogens is 204 g/mol. The van der Waals surface area contributed by atoms with E-state index in [4.69, 9.17) is 15.2 Å². The summed E-state index contributed by atoms with van der Waals surface area (Å²) in [6.45, 7) is 1.88. The molecule has 1 aromatic rings. The van der Waals surface area contributed by atoms with Crippen LogP contribution in [-0.2, 0) is 6.54 Å². The molecule has 0 aliphatic heterocycles. The number of hydrogen-bond acceptors (Lipinski definition) is 4. The van der Waals surface area contributed by atoms with Gasteiger partial charge in [-0.15, -0.1) is 0 Å². The Morgan fingerprint density at radius 2 is 2.06 bits per heavy atom. The molecule has 0 bridgehead atoms. The van der Waals surface area contributed by atoms with Crippen molar-refractivity contribution in [3.63, 3.8) is 0 Å². The smallest absolute Gasteiger partial charge is 0.123 e. The van der Waals surface area contributed by atoms with Crippen molar-refractivity contribution in [2.75, 3.05) is 34.4 Å². The number of ether oxygens (including phenoxy) is 2. The van der Waals surface area contributed by atoms with Crippen molar-refractivity contribution < 1.29 is 9.47 Å². The lowest BCUT2D eigenvalue weighted by Crippen LogP contribution is -2.13. The molecule has 0 fully saturated rings. The topological polar surface area (TPSA) is 47.7 Å². The molecule has 16 heavy (non-hydrogen) atoms. The zero-order chi connectivity index (χ0) is 12.0.